The van der Waals surface area contributed by atoms with Gasteiger partial charge in [0.05, 0.1) is 25.0 Å². The first-order chi connectivity index (χ1) is 13.8. The van der Waals surface area contributed by atoms with E-state index >= 15 is 0 Å². The molecule has 1 unspecified atom stereocenters. The summed E-state index contributed by atoms with van der Waals surface area (Å²) in [6, 6.07) is 5.24. The first-order valence-electron chi connectivity index (χ1n) is 10.1. The summed E-state index contributed by atoms with van der Waals surface area (Å²) < 4.78 is 16.1. The predicted molar refractivity (Wildman–Crippen MR) is 131 cm³/mol. The second-order valence-electron chi connectivity index (χ2n) is 7.18. The van der Waals surface area contributed by atoms with Crippen LogP contribution in [0.25, 0.3) is 0 Å². The van der Waals surface area contributed by atoms with Crippen molar-refractivity contribution in [2.45, 2.75) is 39.8 Å². The highest BCUT2D eigenvalue weighted by atomic mass is 127. The number of guanidine groups is 1. The van der Waals surface area contributed by atoms with Gasteiger partial charge in [-0.1, -0.05) is 6.07 Å². The van der Waals surface area contributed by atoms with E-state index < -0.39 is 5.60 Å². The number of nitrogens with zero attached hydrogens (tertiary/aromatic N) is 4. The lowest BCUT2D eigenvalue weighted by molar-refractivity contribution is 0.0616. The summed E-state index contributed by atoms with van der Waals surface area (Å²) in [5.74, 6) is 0.323. The molecular formula is C21H34FIN6O. The van der Waals surface area contributed by atoms with Crippen molar-refractivity contribution >= 4 is 35.6 Å². The fourth-order valence-electron chi connectivity index (χ4n) is 3.04. The standard InChI is InChI=1S/C21H33FN6O.HI/c1-6-23-20(25-15-21(4,29)17-13-26-27(5)14-17)24-12-16-9-10-19(18(22)11-16)28(7-2)8-3;/h9-11,13-14,29H,6-8,12,15H2,1-5H3,(H2,23,24,25);1H. The number of nitrogens with one attached hydrogen (secondary N) is 2. The lowest BCUT2D eigenvalue weighted by atomic mass is 10.00. The number of hydrogen-bond donors (Lipinski definition) is 3. The first kappa shape index (κ1) is 26.2. The van der Waals surface area contributed by atoms with Gasteiger partial charge in [0.25, 0.3) is 0 Å². The van der Waals surface area contributed by atoms with Gasteiger partial charge in [-0.3, -0.25) is 4.68 Å². The molecule has 1 atom stereocenters. The van der Waals surface area contributed by atoms with Crippen LogP contribution in [0.1, 0.15) is 38.8 Å². The zero-order chi connectivity index (χ0) is 21.4. The molecule has 1 aromatic carbocycles. The van der Waals surface area contributed by atoms with E-state index in [2.05, 4.69) is 20.7 Å². The number of aryl methyl sites for hydroxylation is 1. The highest BCUT2D eigenvalue weighted by molar-refractivity contribution is 14.0. The predicted octanol–water partition coefficient (Wildman–Crippen LogP) is 2.99. The molecule has 168 valence electrons. The van der Waals surface area contributed by atoms with E-state index in [4.69, 9.17) is 0 Å². The minimum Gasteiger partial charge on any atom is -0.383 e. The van der Waals surface area contributed by atoms with Crippen molar-refractivity contribution < 1.29 is 9.50 Å². The smallest absolute Gasteiger partial charge is 0.191 e. The van der Waals surface area contributed by atoms with Crippen LogP contribution in [0, 0.1) is 5.82 Å². The normalized spacial score (nSPS) is 13.4. The largest absolute Gasteiger partial charge is 0.383 e. The molecule has 0 spiro atoms. The van der Waals surface area contributed by atoms with Gasteiger partial charge >= 0.3 is 0 Å². The van der Waals surface area contributed by atoms with Gasteiger partial charge in [-0.15, -0.1) is 24.0 Å². The number of aromatic nitrogens is 2. The molecule has 0 amide bonds. The van der Waals surface area contributed by atoms with E-state index in [9.17, 15) is 9.50 Å². The molecular weight excluding hydrogens is 498 g/mol. The highest BCUT2D eigenvalue weighted by Gasteiger charge is 2.25. The molecule has 0 fully saturated rings. The third-order valence-electron chi connectivity index (χ3n) is 4.81. The average Bonchev–Trinajstić information content (AvgIpc) is 3.14. The molecule has 0 saturated carbocycles. The van der Waals surface area contributed by atoms with E-state index in [1.165, 1.54) is 6.07 Å². The molecule has 30 heavy (non-hydrogen) atoms. The van der Waals surface area contributed by atoms with Crippen molar-refractivity contribution in [3.63, 3.8) is 0 Å². The Hall–Kier alpha value is -1.88. The molecule has 0 radical (unpaired) electrons. The van der Waals surface area contributed by atoms with E-state index in [1.54, 1.807) is 30.1 Å². The number of aliphatic imine (C=N–C) groups is 1. The van der Waals surface area contributed by atoms with Gasteiger partial charge in [0.2, 0.25) is 0 Å². The van der Waals surface area contributed by atoms with Crippen LogP contribution in [0.3, 0.4) is 0 Å². The second-order valence-corrected chi connectivity index (χ2v) is 7.18. The molecule has 0 saturated heterocycles. The van der Waals surface area contributed by atoms with Crippen LogP contribution >= 0.6 is 24.0 Å². The summed E-state index contributed by atoms with van der Waals surface area (Å²) in [5.41, 5.74) is 1.02. The van der Waals surface area contributed by atoms with Crippen LogP contribution < -0.4 is 15.5 Å². The lowest BCUT2D eigenvalue weighted by Gasteiger charge is -2.24. The van der Waals surface area contributed by atoms with Gasteiger partial charge in [-0.05, 0) is 45.4 Å². The van der Waals surface area contributed by atoms with Crippen molar-refractivity contribution in [3.8, 4) is 0 Å². The Kier molecular flexibility index (Phi) is 10.5. The van der Waals surface area contributed by atoms with Gasteiger partial charge in [-0.25, -0.2) is 9.38 Å². The molecule has 0 bridgehead atoms. The minimum atomic E-state index is -1.10. The minimum absolute atomic E-state index is 0. The lowest BCUT2D eigenvalue weighted by Crippen LogP contribution is -2.44. The van der Waals surface area contributed by atoms with Crippen LogP contribution in [0.15, 0.2) is 35.6 Å². The zero-order valence-electron chi connectivity index (χ0n) is 18.4. The number of anilines is 1. The fourth-order valence-corrected chi connectivity index (χ4v) is 3.04. The van der Waals surface area contributed by atoms with Crippen LogP contribution in [0.2, 0.25) is 0 Å². The van der Waals surface area contributed by atoms with E-state index in [-0.39, 0.29) is 36.3 Å². The molecule has 1 aromatic heterocycles. The molecule has 9 heteroatoms. The summed E-state index contributed by atoms with van der Waals surface area (Å²) in [6.07, 6.45) is 3.43. The average molecular weight is 532 g/mol. The van der Waals surface area contributed by atoms with Gasteiger partial charge in [0, 0.05) is 38.4 Å². The number of halogens is 2. The molecule has 2 aromatic rings. The molecule has 1 heterocycles. The summed E-state index contributed by atoms with van der Waals surface area (Å²) in [7, 11) is 1.81. The van der Waals surface area contributed by atoms with Gasteiger partial charge in [0.15, 0.2) is 5.96 Å². The fraction of sp³-hybridized carbons (Fsp3) is 0.524. The molecule has 2 rings (SSSR count). The third-order valence-corrected chi connectivity index (χ3v) is 4.81. The third kappa shape index (κ3) is 7.12. The second kappa shape index (κ2) is 12.1. The van der Waals surface area contributed by atoms with Crippen molar-refractivity contribution in [2.24, 2.45) is 12.0 Å². The van der Waals surface area contributed by atoms with Crippen molar-refractivity contribution in [2.75, 3.05) is 31.1 Å². The topological polar surface area (TPSA) is 77.7 Å². The molecule has 7 nitrogen and oxygen atoms in total. The number of benzene rings is 1. The van der Waals surface area contributed by atoms with Gasteiger partial charge < -0.3 is 20.6 Å². The monoisotopic (exact) mass is 532 g/mol. The molecule has 3 N–H and O–H groups in total. The Morgan fingerprint density at radius 1 is 1.27 bits per heavy atom. The number of hydrogen-bond acceptors (Lipinski definition) is 4. The SMILES string of the molecule is CCNC(=NCc1ccc(N(CC)CC)c(F)c1)NCC(C)(O)c1cnn(C)c1.I. The Balaban J connectivity index is 0.00000450. The maximum absolute atomic E-state index is 14.5. The summed E-state index contributed by atoms with van der Waals surface area (Å²) in [4.78, 5) is 6.50. The van der Waals surface area contributed by atoms with Crippen LogP contribution in [-0.2, 0) is 19.2 Å². The van der Waals surface area contributed by atoms with Crippen LogP contribution in [0.5, 0.6) is 0 Å². The van der Waals surface area contributed by atoms with E-state index in [0.717, 1.165) is 24.2 Å². The van der Waals surface area contributed by atoms with E-state index in [1.807, 2.05) is 38.8 Å². The molecule has 0 aliphatic carbocycles. The Morgan fingerprint density at radius 2 is 1.97 bits per heavy atom. The maximum atomic E-state index is 14.5. The zero-order valence-corrected chi connectivity index (χ0v) is 20.8. The molecule has 0 aliphatic rings. The summed E-state index contributed by atoms with van der Waals surface area (Å²) >= 11 is 0. The highest BCUT2D eigenvalue weighted by Crippen LogP contribution is 2.21. The van der Waals surface area contributed by atoms with Crippen molar-refractivity contribution in [3.05, 3.63) is 47.5 Å². The molecule has 0 aliphatic heterocycles. The Labute approximate surface area is 195 Å². The van der Waals surface area contributed by atoms with Crippen LogP contribution in [-0.4, -0.2) is 47.0 Å². The van der Waals surface area contributed by atoms with Crippen molar-refractivity contribution in [1.29, 1.82) is 0 Å². The Morgan fingerprint density at radius 3 is 2.50 bits per heavy atom. The number of rotatable bonds is 9. The first-order valence-corrected chi connectivity index (χ1v) is 10.1. The van der Waals surface area contributed by atoms with E-state index in [0.29, 0.717) is 24.7 Å². The van der Waals surface area contributed by atoms with Gasteiger partial charge in [-0.2, -0.15) is 5.10 Å². The van der Waals surface area contributed by atoms with Gasteiger partial charge in [0.1, 0.15) is 11.4 Å². The van der Waals surface area contributed by atoms with Crippen molar-refractivity contribution in [1.82, 2.24) is 20.4 Å². The summed E-state index contributed by atoms with van der Waals surface area (Å²) in [6.45, 7) is 10.5. The maximum Gasteiger partial charge on any atom is 0.191 e. The Bertz CT molecular complexity index is 820. The summed E-state index contributed by atoms with van der Waals surface area (Å²) in [5, 5.41) is 21.1. The van der Waals surface area contributed by atoms with Crippen LogP contribution in [0.4, 0.5) is 10.1 Å². The number of aliphatic hydroxyl groups is 1. The quantitative estimate of drug-likeness (QED) is 0.263.